The standard InChI is InChI=1S/C31H42O9/c1-16-13-21-30(15-38-21,40-18(3)32)24-26(39-27(35)19-11-9-8-10-12-19)31(36)14-20(37-7)17(2)22(28(31,4)5)23(33)25(34)29(16,24)6/h8-12,16,20-21,23-26,33-34,36H,13-15H2,1-7H3/t16-,20-,21+,23-,24-,25-,26-,29+,30-,31+/m0/s1. The monoisotopic (exact) mass is 558 g/mol. The van der Waals surface area contributed by atoms with Gasteiger partial charge >= 0.3 is 11.9 Å². The second kappa shape index (κ2) is 9.63. The molecule has 9 nitrogen and oxygen atoms in total. The number of benzene rings is 1. The molecule has 1 aliphatic heterocycles. The van der Waals surface area contributed by atoms with E-state index in [1.807, 2.05) is 20.8 Å². The lowest BCUT2D eigenvalue weighted by atomic mass is 9.43. The topological polar surface area (TPSA) is 132 Å². The zero-order valence-corrected chi connectivity index (χ0v) is 24.3. The number of carbonyl (C=O) groups excluding carboxylic acids is 2. The molecule has 40 heavy (non-hydrogen) atoms. The van der Waals surface area contributed by atoms with E-state index >= 15 is 0 Å². The molecule has 0 spiro atoms. The maximum Gasteiger partial charge on any atom is 0.338 e. The lowest BCUT2D eigenvalue weighted by Crippen LogP contribution is -2.81. The van der Waals surface area contributed by atoms with E-state index in [2.05, 4.69) is 0 Å². The summed E-state index contributed by atoms with van der Waals surface area (Å²) in [5, 5.41) is 37.0. The van der Waals surface area contributed by atoms with Gasteiger partial charge in [0.05, 0.1) is 30.3 Å². The summed E-state index contributed by atoms with van der Waals surface area (Å²) in [5.74, 6) is -2.39. The molecular weight excluding hydrogens is 516 g/mol. The minimum atomic E-state index is -1.79. The molecule has 2 saturated carbocycles. The summed E-state index contributed by atoms with van der Waals surface area (Å²) in [6.45, 7) is 10.5. The number of aliphatic hydroxyl groups excluding tert-OH is 2. The highest BCUT2D eigenvalue weighted by Crippen LogP contribution is 2.66. The first kappa shape index (κ1) is 29.2. The quantitative estimate of drug-likeness (QED) is 0.377. The number of rotatable bonds is 4. The summed E-state index contributed by atoms with van der Waals surface area (Å²) in [5.41, 5.74) is -3.93. The van der Waals surface area contributed by atoms with Crippen molar-refractivity contribution in [1.29, 1.82) is 0 Å². The normalized spacial score (nSPS) is 43.8. The van der Waals surface area contributed by atoms with Crippen molar-refractivity contribution in [3.8, 4) is 0 Å². The van der Waals surface area contributed by atoms with Crippen LogP contribution in [-0.4, -0.2) is 82.7 Å². The largest absolute Gasteiger partial charge is 0.455 e. The minimum absolute atomic E-state index is 0.0123. The number of methoxy groups -OCH3 is 1. The first-order valence-corrected chi connectivity index (χ1v) is 14.1. The van der Waals surface area contributed by atoms with Gasteiger partial charge in [0.15, 0.2) is 5.60 Å². The van der Waals surface area contributed by atoms with Gasteiger partial charge < -0.3 is 34.3 Å². The highest BCUT2D eigenvalue weighted by Gasteiger charge is 2.77. The van der Waals surface area contributed by atoms with Gasteiger partial charge in [-0.05, 0) is 42.5 Å². The smallest absolute Gasteiger partial charge is 0.338 e. The highest BCUT2D eigenvalue weighted by molar-refractivity contribution is 5.89. The van der Waals surface area contributed by atoms with Crippen molar-refractivity contribution in [3.05, 3.63) is 47.0 Å². The molecule has 1 aromatic rings. The molecule has 0 aromatic heterocycles. The van der Waals surface area contributed by atoms with Crippen LogP contribution in [0.4, 0.5) is 0 Å². The van der Waals surface area contributed by atoms with Crippen LogP contribution in [-0.2, 0) is 23.7 Å². The van der Waals surface area contributed by atoms with Crippen LogP contribution in [0.5, 0.6) is 0 Å². The van der Waals surface area contributed by atoms with Crippen LogP contribution in [0.1, 0.15) is 64.7 Å². The Morgan fingerprint density at radius 2 is 1.75 bits per heavy atom. The molecule has 1 heterocycles. The first-order chi connectivity index (χ1) is 18.7. The molecule has 2 bridgehead atoms. The molecule has 3 N–H and O–H groups in total. The second-order valence-electron chi connectivity index (χ2n) is 13.0. The number of fused-ring (bicyclic) bond motifs is 5. The Morgan fingerprint density at radius 3 is 2.30 bits per heavy atom. The Morgan fingerprint density at radius 1 is 1.10 bits per heavy atom. The summed E-state index contributed by atoms with van der Waals surface area (Å²) in [6, 6.07) is 8.50. The van der Waals surface area contributed by atoms with Crippen molar-refractivity contribution in [2.24, 2.45) is 22.7 Å². The van der Waals surface area contributed by atoms with Gasteiger partial charge in [-0.15, -0.1) is 0 Å². The van der Waals surface area contributed by atoms with E-state index in [1.54, 1.807) is 44.2 Å². The number of ether oxygens (including phenoxy) is 4. The second-order valence-corrected chi connectivity index (χ2v) is 13.0. The van der Waals surface area contributed by atoms with Crippen molar-refractivity contribution in [2.75, 3.05) is 13.7 Å². The Kier molecular flexibility index (Phi) is 7.03. The van der Waals surface area contributed by atoms with Crippen LogP contribution < -0.4 is 0 Å². The van der Waals surface area contributed by atoms with Gasteiger partial charge in [0.1, 0.15) is 23.9 Å². The van der Waals surface area contributed by atoms with Gasteiger partial charge in [-0.25, -0.2) is 4.79 Å². The van der Waals surface area contributed by atoms with Crippen LogP contribution in [0.3, 0.4) is 0 Å². The molecule has 5 rings (SSSR count). The number of esters is 2. The zero-order valence-electron chi connectivity index (χ0n) is 24.3. The third kappa shape index (κ3) is 3.78. The SMILES string of the molecule is CO[C@H]1C[C@@]2(O)[C@@H](OC(=O)c3ccccc3)[C@@H]3[C@]4(OC(C)=O)CO[C@@H]4C[C@H](C)[C@@]3(C)[C@@H](O)[C@@H](O)C(=C1C)C2(C)C. The lowest BCUT2D eigenvalue weighted by Gasteiger charge is -2.69. The van der Waals surface area contributed by atoms with E-state index < -0.39 is 70.4 Å². The summed E-state index contributed by atoms with van der Waals surface area (Å²) in [7, 11) is 1.52. The molecule has 1 aromatic carbocycles. The van der Waals surface area contributed by atoms with Gasteiger partial charge in [0.2, 0.25) is 0 Å². The predicted octanol–water partition coefficient (Wildman–Crippen LogP) is 2.80. The summed E-state index contributed by atoms with van der Waals surface area (Å²) < 4.78 is 24.2. The van der Waals surface area contributed by atoms with Crippen LogP contribution in [0.25, 0.3) is 0 Å². The lowest BCUT2D eigenvalue weighted by molar-refractivity contribution is -0.358. The Hall–Kier alpha value is -2.30. The van der Waals surface area contributed by atoms with Gasteiger partial charge in [0.25, 0.3) is 0 Å². The van der Waals surface area contributed by atoms with E-state index in [1.165, 1.54) is 14.0 Å². The average Bonchev–Trinajstić information content (AvgIpc) is 2.90. The maximum atomic E-state index is 13.8. The summed E-state index contributed by atoms with van der Waals surface area (Å²) in [6.07, 6.45) is -4.60. The van der Waals surface area contributed by atoms with E-state index in [-0.39, 0.29) is 18.9 Å². The molecule has 220 valence electrons. The molecule has 0 radical (unpaired) electrons. The van der Waals surface area contributed by atoms with Crippen LogP contribution in [0.2, 0.25) is 0 Å². The molecule has 10 atom stereocenters. The highest BCUT2D eigenvalue weighted by atomic mass is 16.6. The van der Waals surface area contributed by atoms with Gasteiger partial charge in [-0.1, -0.05) is 45.9 Å². The van der Waals surface area contributed by atoms with Crippen LogP contribution >= 0.6 is 0 Å². The van der Waals surface area contributed by atoms with E-state index in [0.717, 1.165) is 5.57 Å². The van der Waals surface area contributed by atoms with E-state index in [4.69, 9.17) is 18.9 Å². The molecule has 1 saturated heterocycles. The van der Waals surface area contributed by atoms with Crippen LogP contribution in [0, 0.1) is 22.7 Å². The maximum absolute atomic E-state index is 13.8. The van der Waals surface area contributed by atoms with Crippen LogP contribution in [0.15, 0.2) is 41.5 Å². The van der Waals surface area contributed by atoms with Gasteiger partial charge in [-0.3, -0.25) is 4.79 Å². The number of aliphatic hydroxyl groups is 3. The van der Waals surface area contributed by atoms with Gasteiger partial charge in [-0.2, -0.15) is 0 Å². The number of hydrogen-bond acceptors (Lipinski definition) is 9. The molecular formula is C31H42O9. The third-order valence-corrected chi connectivity index (χ3v) is 10.9. The summed E-state index contributed by atoms with van der Waals surface area (Å²) in [4.78, 5) is 26.3. The molecule has 4 aliphatic rings. The van der Waals surface area contributed by atoms with Crippen molar-refractivity contribution in [2.45, 2.75) is 96.1 Å². The van der Waals surface area contributed by atoms with E-state index in [0.29, 0.717) is 17.6 Å². The van der Waals surface area contributed by atoms with Gasteiger partial charge in [0, 0.05) is 31.3 Å². The van der Waals surface area contributed by atoms with Crippen molar-refractivity contribution in [1.82, 2.24) is 0 Å². The number of carbonyl (C=O) groups is 2. The van der Waals surface area contributed by atoms with Crippen molar-refractivity contribution < 1.29 is 43.9 Å². The molecule has 9 heteroatoms. The number of hydrogen-bond donors (Lipinski definition) is 3. The Labute approximate surface area is 235 Å². The minimum Gasteiger partial charge on any atom is -0.455 e. The molecule has 3 fully saturated rings. The molecule has 0 amide bonds. The van der Waals surface area contributed by atoms with E-state index in [9.17, 15) is 24.9 Å². The van der Waals surface area contributed by atoms with Crippen molar-refractivity contribution >= 4 is 11.9 Å². The fraction of sp³-hybridized carbons (Fsp3) is 0.677. The predicted molar refractivity (Wildman–Crippen MR) is 144 cm³/mol. The summed E-state index contributed by atoms with van der Waals surface area (Å²) >= 11 is 0. The van der Waals surface area contributed by atoms with Crippen molar-refractivity contribution in [3.63, 3.8) is 0 Å². The Bertz CT molecular complexity index is 1210. The first-order valence-electron chi connectivity index (χ1n) is 14.1. The average molecular weight is 559 g/mol. The fourth-order valence-electron chi connectivity index (χ4n) is 8.44. The molecule has 0 unspecified atom stereocenters. The zero-order chi connectivity index (χ0) is 29.4. The third-order valence-electron chi connectivity index (χ3n) is 10.9. The fourth-order valence-corrected chi connectivity index (χ4v) is 8.44. The Balaban J connectivity index is 1.81. The molecule has 3 aliphatic carbocycles.